The number of carbonyl (C=O) groups excluding carboxylic acids is 1. The second-order valence-corrected chi connectivity index (χ2v) is 4.21. The van der Waals surface area contributed by atoms with Gasteiger partial charge in [-0.3, -0.25) is 0 Å². The summed E-state index contributed by atoms with van der Waals surface area (Å²) in [5.41, 5.74) is -0.181. The van der Waals surface area contributed by atoms with Gasteiger partial charge in [0.1, 0.15) is 17.1 Å². The highest BCUT2D eigenvalue weighted by molar-refractivity contribution is 5.91. The highest BCUT2D eigenvalue weighted by Gasteiger charge is 2.11. The summed E-state index contributed by atoms with van der Waals surface area (Å²) in [6, 6.07) is 7.32. The maximum absolute atomic E-state index is 10.9. The summed E-state index contributed by atoms with van der Waals surface area (Å²) < 4.78 is 4.39. The molecule has 0 bridgehead atoms. The maximum atomic E-state index is 10.9. The molecular weight excluding hydrogens is 308 g/mol. The summed E-state index contributed by atoms with van der Waals surface area (Å²) in [5, 5.41) is 44.1. The first kappa shape index (κ1) is 17.6. The van der Waals surface area contributed by atoms with Crippen molar-refractivity contribution in [2.24, 2.45) is 0 Å². The number of rotatable bonds is 2. The number of phenolic OH excluding ortho intramolecular Hbond substituents is 3. The van der Waals surface area contributed by atoms with Crippen molar-refractivity contribution in [3.05, 3.63) is 47.5 Å². The van der Waals surface area contributed by atoms with E-state index in [-0.39, 0.29) is 22.6 Å². The fourth-order valence-corrected chi connectivity index (χ4v) is 1.53. The average molecular weight is 322 g/mol. The van der Waals surface area contributed by atoms with Crippen molar-refractivity contribution < 1.29 is 39.9 Å². The number of benzene rings is 2. The van der Waals surface area contributed by atoms with E-state index in [0.29, 0.717) is 0 Å². The van der Waals surface area contributed by atoms with E-state index < -0.39 is 23.4 Å². The summed E-state index contributed by atoms with van der Waals surface area (Å²) in [4.78, 5) is 21.2. The van der Waals surface area contributed by atoms with Gasteiger partial charge in [0.2, 0.25) is 0 Å². The monoisotopic (exact) mass is 322 g/mol. The minimum absolute atomic E-state index is 0.120. The number of aromatic carboxylic acids is 1. The second kappa shape index (κ2) is 7.55. The van der Waals surface area contributed by atoms with E-state index in [0.717, 1.165) is 6.07 Å². The van der Waals surface area contributed by atoms with Crippen LogP contribution in [0.3, 0.4) is 0 Å². The molecule has 0 saturated heterocycles. The van der Waals surface area contributed by atoms with E-state index in [1.165, 1.54) is 37.4 Å². The molecule has 0 unspecified atom stereocenters. The molecule has 0 saturated carbocycles. The van der Waals surface area contributed by atoms with Gasteiger partial charge in [-0.05, 0) is 24.3 Å². The predicted octanol–water partition coefficient (Wildman–Crippen LogP) is 1.68. The molecule has 8 nitrogen and oxygen atoms in total. The number of phenols is 4. The first-order valence-corrected chi connectivity index (χ1v) is 6.11. The van der Waals surface area contributed by atoms with Gasteiger partial charge >= 0.3 is 11.9 Å². The zero-order valence-corrected chi connectivity index (χ0v) is 11.9. The summed E-state index contributed by atoms with van der Waals surface area (Å²) in [7, 11) is 1.23. The van der Waals surface area contributed by atoms with Crippen LogP contribution in [0.1, 0.15) is 20.7 Å². The molecule has 5 N–H and O–H groups in total. The van der Waals surface area contributed by atoms with E-state index >= 15 is 0 Å². The number of esters is 1. The number of hydrogen-bond donors (Lipinski definition) is 5. The van der Waals surface area contributed by atoms with Crippen LogP contribution in [-0.2, 0) is 4.74 Å². The zero-order valence-electron chi connectivity index (χ0n) is 11.9. The second-order valence-electron chi connectivity index (χ2n) is 4.21. The molecule has 2 aromatic carbocycles. The van der Waals surface area contributed by atoms with Gasteiger partial charge in [0.15, 0.2) is 11.5 Å². The Hall–Kier alpha value is -3.42. The third-order valence-corrected chi connectivity index (χ3v) is 2.57. The van der Waals surface area contributed by atoms with Crippen LogP contribution in [0.2, 0.25) is 0 Å². The van der Waals surface area contributed by atoms with Gasteiger partial charge in [-0.1, -0.05) is 6.07 Å². The number of carbonyl (C=O) groups is 2. The molecule has 0 aliphatic heterocycles. The summed E-state index contributed by atoms with van der Waals surface area (Å²) in [6.45, 7) is 0. The fourth-order valence-electron chi connectivity index (χ4n) is 1.53. The van der Waals surface area contributed by atoms with Crippen LogP contribution in [0.15, 0.2) is 36.4 Å². The quantitative estimate of drug-likeness (QED) is 0.415. The number of hydrogen-bond acceptors (Lipinski definition) is 7. The Morgan fingerprint density at radius 1 is 0.957 bits per heavy atom. The summed E-state index contributed by atoms with van der Waals surface area (Å²) in [5.74, 6) is -3.23. The molecule has 2 aromatic rings. The molecule has 0 aliphatic carbocycles. The first-order valence-electron chi connectivity index (χ1n) is 6.11. The fraction of sp³-hybridized carbons (Fsp3) is 0.0667. The molecule has 2 rings (SSSR count). The smallest absolute Gasteiger partial charge is 0.339 e. The molecule has 0 fully saturated rings. The number of methoxy groups -OCH3 is 1. The lowest BCUT2D eigenvalue weighted by Gasteiger charge is -2.00. The SMILES string of the molecule is COC(=O)c1cc(O)cc(O)c1.O=C(O)c1cccc(O)c1O. The van der Waals surface area contributed by atoms with Gasteiger partial charge in [-0.25, -0.2) is 9.59 Å². The largest absolute Gasteiger partial charge is 0.508 e. The Balaban J connectivity index is 0.000000231. The van der Waals surface area contributed by atoms with Crippen LogP contribution >= 0.6 is 0 Å². The van der Waals surface area contributed by atoms with Gasteiger partial charge in [0.05, 0.1) is 12.7 Å². The van der Waals surface area contributed by atoms with Gasteiger partial charge in [-0.15, -0.1) is 0 Å². The Morgan fingerprint density at radius 3 is 1.96 bits per heavy atom. The van der Waals surface area contributed by atoms with E-state index in [2.05, 4.69) is 4.74 Å². The minimum Gasteiger partial charge on any atom is -0.508 e. The third-order valence-electron chi connectivity index (χ3n) is 2.57. The molecule has 0 spiro atoms. The summed E-state index contributed by atoms with van der Waals surface area (Å²) in [6.07, 6.45) is 0. The highest BCUT2D eigenvalue weighted by Crippen LogP contribution is 2.27. The molecule has 23 heavy (non-hydrogen) atoms. The van der Waals surface area contributed by atoms with Crippen molar-refractivity contribution in [2.75, 3.05) is 7.11 Å². The van der Waals surface area contributed by atoms with Crippen LogP contribution < -0.4 is 0 Å². The molecule has 0 heterocycles. The van der Waals surface area contributed by atoms with E-state index in [9.17, 15) is 9.59 Å². The van der Waals surface area contributed by atoms with E-state index in [1.807, 2.05) is 0 Å². The normalized spacial score (nSPS) is 9.43. The van der Waals surface area contributed by atoms with Crippen LogP contribution in [0.4, 0.5) is 0 Å². The molecule has 0 aromatic heterocycles. The van der Waals surface area contributed by atoms with Crippen molar-refractivity contribution in [3.8, 4) is 23.0 Å². The number of para-hydroxylation sites is 1. The van der Waals surface area contributed by atoms with Gasteiger partial charge < -0.3 is 30.3 Å². The summed E-state index contributed by atoms with van der Waals surface area (Å²) >= 11 is 0. The van der Waals surface area contributed by atoms with Crippen molar-refractivity contribution in [1.82, 2.24) is 0 Å². The van der Waals surface area contributed by atoms with Crippen molar-refractivity contribution in [1.29, 1.82) is 0 Å². The van der Waals surface area contributed by atoms with Gasteiger partial charge in [0.25, 0.3) is 0 Å². The number of carboxylic acid groups (broad SMARTS) is 1. The van der Waals surface area contributed by atoms with E-state index in [1.54, 1.807) is 0 Å². The van der Waals surface area contributed by atoms with Crippen LogP contribution in [0, 0.1) is 0 Å². The average Bonchev–Trinajstić information content (AvgIpc) is 2.48. The van der Waals surface area contributed by atoms with Crippen LogP contribution in [0.25, 0.3) is 0 Å². The third kappa shape index (κ3) is 4.81. The first-order chi connectivity index (χ1) is 10.8. The Morgan fingerprint density at radius 2 is 1.52 bits per heavy atom. The van der Waals surface area contributed by atoms with Crippen LogP contribution in [0.5, 0.6) is 23.0 Å². The standard InChI is InChI=1S/C8H8O4.C7H6O4/c1-12-8(11)5-2-6(9)4-7(10)3-5;8-5-3-1-2-4(6(5)9)7(10)11/h2-4,9-10H,1H3;1-3,8-9H,(H,10,11). The lowest BCUT2D eigenvalue weighted by molar-refractivity contribution is 0.0598. The van der Waals surface area contributed by atoms with Gasteiger partial charge in [0, 0.05) is 6.07 Å². The lowest BCUT2D eigenvalue weighted by Crippen LogP contribution is -2.00. The number of aromatic hydroxyl groups is 4. The maximum Gasteiger partial charge on any atom is 0.339 e. The molecule has 0 amide bonds. The minimum atomic E-state index is -1.27. The Kier molecular flexibility index (Phi) is 5.79. The van der Waals surface area contributed by atoms with Crippen molar-refractivity contribution >= 4 is 11.9 Å². The molecule has 0 radical (unpaired) electrons. The zero-order chi connectivity index (χ0) is 17.6. The number of carboxylic acids is 1. The molecule has 0 aliphatic rings. The Bertz CT molecular complexity index is 703. The predicted molar refractivity (Wildman–Crippen MR) is 77.8 cm³/mol. The van der Waals surface area contributed by atoms with E-state index in [4.69, 9.17) is 25.5 Å². The lowest BCUT2D eigenvalue weighted by atomic mass is 10.2. The number of ether oxygens (including phenoxy) is 1. The van der Waals surface area contributed by atoms with Crippen molar-refractivity contribution in [2.45, 2.75) is 0 Å². The molecular formula is C15H14O8. The molecule has 0 atom stereocenters. The Labute approximate surface area is 130 Å². The van der Waals surface area contributed by atoms with Crippen molar-refractivity contribution in [3.63, 3.8) is 0 Å². The topological polar surface area (TPSA) is 145 Å². The van der Waals surface area contributed by atoms with Gasteiger partial charge in [-0.2, -0.15) is 0 Å². The highest BCUT2D eigenvalue weighted by atomic mass is 16.5. The molecule has 8 heteroatoms. The molecule has 122 valence electrons. The van der Waals surface area contributed by atoms with Crippen LogP contribution in [-0.4, -0.2) is 44.6 Å².